The van der Waals surface area contributed by atoms with Gasteiger partial charge in [0.1, 0.15) is 5.75 Å². The minimum Gasteiger partial charge on any atom is -0.481 e. The Morgan fingerprint density at radius 2 is 1.86 bits per heavy atom. The Hall–Kier alpha value is -2.53. The fraction of sp³-hybridized carbons (Fsp3) is 0.364. The summed E-state index contributed by atoms with van der Waals surface area (Å²) >= 11 is 6.05. The molecule has 148 valence electrons. The fourth-order valence-electron chi connectivity index (χ4n) is 3.25. The Kier molecular flexibility index (Phi) is 6.57. The number of amides is 1. The van der Waals surface area contributed by atoms with Crippen LogP contribution in [-0.4, -0.2) is 24.6 Å². The third-order valence-electron chi connectivity index (χ3n) is 4.73. The molecule has 0 radical (unpaired) electrons. The molecule has 0 fully saturated rings. The zero-order valence-electron chi connectivity index (χ0n) is 16.1. The van der Waals surface area contributed by atoms with Gasteiger partial charge in [-0.2, -0.15) is 0 Å². The Labute approximate surface area is 170 Å². The molecule has 3 rings (SSSR count). The molecule has 1 atom stereocenters. The van der Waals surface area contributed by atoms with Crippen molar-refractivity contribution < 1.29 is 19.1 Å². The van der Waals surface area contributed by atoms with Crippen molar-refractivity contribution in [1.82, 2.24) is 0 Å². The Balaban J connectivity index is 1.66. The Bertz CT molecular complexity index is 881. The summed E-state index contributed by atoms with van der Waals surface area (Å²) in [5.74, 6) is -0.150. The van der Waals surface area contributed by atoms with Crippen molar-refractivity contribution in [1.29, 1.82) is 0 Å². The second-order valence-corrected chi connectivity index (χ2v) is 7.21. The van der Waals surface area contributed by atoms with E-state index in [1.165, 1.54) is 30.0 Å². The number of rotatable bonds is 6. The molecule has 1 amide bonds. The van der Waals surface area contributed by atoms with Gasteiger partial charge in [-0.1, -0.05) is 17.7 Å². The lowest BCUT2D eigenvalue weighted by Crippen LogP contribution is -2.30. The number of carbonyl (C=O) groups is 2. The molecular weight excluding hydrogens is 378 g/mol. The van der Waals surface area contributed by atoms with E-state index in [1.807, 2.05) is 12.1 Å². The van der Waals surface area contributed by atoms with Crippen molar-refractivity contribution in [3.8, 4) is 5.75 Å². The third-order valence-corrected chi connectivity index (χ3v) is 5.06. The van der Waals surface area contributed by atoms with Crippen LogP contribution in [0.5, 0.6) is 5.75 Å². The number of nitrogens with one attached hydrogen (secondary N) is 1. The third kappa shape index (κ3) is 4.84. The zero-order chi connectivity index (χ0) is 20.1. The molecule has 1 N–H and O–H groups in total. The number of fused-ring (bicyclic) bond motifs is 1. The number of esters is 1. The molecule has 1 aliphatic rings. The lowest BCUT2D eigenvalue weighted by Gasteiger charge is -2.19. The molecule has 0 heterocycles. The summed E-state index contributed by atoms with van der Waals surface area (Å²) in [7, 11) is 0. The average molecular weight is 402 g/mol. The summed E-state index contributed by atoms with van der Waals surface area (Å²) in [6.45, 7) is 3.66. The first-order chi connectivity index (χ1) is 13.5. The first-order valence-corrected chi connectivity index (χ1v) is 9.91. The molecule has 28 heavy (non-hydrogen) atoms. The van der Waals surface area contributed by atoms with Gasteiger partial charge >= 0.3 is 5.97 Å². The minimum atomic E-state index is -0.691. The van der Waals surface area contributed by atoms with E-state index >= 15 is 0 Å². The summed E-state index contributed by atoms with van der Waals surface area (Å²) in [4.78, 5) is 24.5. The van der Waals surface area contributed by atoms with Crippen molar-refractivity contribution >= 4 is 29.2 Å². The summed E-state index contributed by atoms with van der Waals surface area (Å²) in [5, 5.41) is 3.03. The first-order valence-electron chi connectivity index (χ1n) is 9.54. The summed E-state index contributed by atoms with van der Waals surface area (Å²) in [6, 6.07) is 10.7. The lowest BCUT2D eigenvalue weighted by atomic mass is 9.92. The van der Waals surface area contributed by atoms with E-state index < -0.39 is 12.1 Å². The number of hydrogen-bond donors (Lipinski definition) is 1. The normalized spacial score (nSPS) is 14.0. The van der Waals surface area contributed by atoms with Gasteiger partial charge < -0.3 is 14.8 Å². The van der Waals surface area contributed by atoms with Crippen LogP contribution in [0.1, 0.15) is 48.2 Å². The van der Waals surface area contributed by atoms with E-state index in [-0.39, 0.29) is 23.1 Å². The molecule has 1 aliphatic carbocycles. The maximum Gasteiger partial charge on any atom is 0.339 e. The molecule has 6 heteroatoms. The molecule has 2 aromatic carbocycles. The van der Waals surface area contributed by atoms with Crippen molar-refractivity contribution in [2.75, 3.05) is 11.9 Å². The van der Waals surface area contributed by atoms with Crippen LogP contribution in [0.25, 0.3) is 0 Å². The van der Waals surface area contributed by atoms with Crippen molar-refractivity contribution in [2.45, 2.75) is 45.6 Å². The van der Waals surface area contributed by atoms with Gasteiger partial charge in [0.15, 0.2) is 6.10 Å². The molecule has 0 bridgehead atoms. The molecule has 0 saturated carbocycles. The zero-order valence-corrected chi connectivity index (χ0v) is 16.8. The van der Waals surface area contributed by atoms with Crippen molar-refractivity contribution in [3.63, 3.8) is 0 Å². The number of ether oxygens (including phenoxy) is 2. The number of carbonyl (C=O) groups excluding carboxylic acids is 2. The second kappa shape index (κ2) is 9.11. The molecule has 2 aromatic rings. The molecule has 0 aromatic heterocycles. The number of aryl methyl sites for hydroxylation is 2. The van der Waals surface area contributed by atoms with E-state index in [2.05, 4.69) is 11.4 Å². The summed E-state index contributed by atoms with van der Waals surface area (Å²) in [5.41, 5.74) is 3.33. The number of hydrogen-bond acceptors (Lipinski definition) is 4. The van der Waals surface area contributed by atoms with Crippen LogP contribution < -0.4 is 10.1 Å². The SMILES string of the molecule is CCOC(=O)c1cc(NC(=O)[C@H](C)Oc2ccc3c(c2)CCCC3)ccc1Cl. The van der Waals surface area contributed by atoms with E-state index in [0.29, 0.717) is 11.4 Å². The van der Waals surface area contributed by atoms with Gasteiger partial charge in [-0.15, -0.1) is 0 Å². The van der Waals surface area contributed by atoms with Gasteiger partial charge in [-0.3, -0.25) is 4.79 Å². The van der Waals surface area contributed by atoms with Gasteiger partial charge in [0.2, 0.25) is 0 Å². The van der Waals surface area contributed by atoms with Crippen LogP contribution in [0.15, 0.2) is 36.4 Å². The number of halogens is 1. The van der Waals surface area contributed by atoms with Crippen LogP contribution in [0.4, 0.5) is 5.69 Å². The van der Waals surface area contributed by atoms with Gasteiger partial charge in [0.05, 0.1) is 17.2 Å². The van der Waals surface area contributed by atoms with Crippen LogP contribution in [0.2, 0.25) is 5.02 Å². The van der Waals surface area contributed by atoms with E-state index in [1.54, 1.807) is 26.0 Å². The minimum absolute atomic E-state index is 0.213. The quantitative estimate of drug-likeness (QED) is 0.706. The molecule has 5 nitrogen and oxygen atoms in total. The highest BCUT2D eigenvalue weighted by atomic mass is 35.5. The highest BCUT2D eigenvalue weighted by Crippen LogP contribution is 2.26. The van der Waals surface area contributed by atoms with Gasteiger partial charge in [0.25, 0.3) is 5.91 Å². The summed E-state index contributed by atoms with van der Waals surface area (Å²) in [6.07, 6.45) is 3.87. The van der Waals surface area contributed by atoms with E-state index in [9.17, 15) is 9.59 Å². The highest BCUT2D eigenvalue weighted by Gasteiger charge is 2.18. The topological polar surface area (TPSA) is 64.6 Å². The molecule has 0 aliphatic heterocycles. The van der Waals surface area contributed by atoms with Gasteiger partial charge in [-0.05, 0) is 81.0 Å². The average Bonchev–Trinajstić information content (AvgIpc) is 2.69. The molecule has 0 saturated heterocycles. The second-order valence-electron chi connectivity index (χ2n) is 6.80. The Morgan fingerprint density at radius 1 is 1.11 bits per heavy atom. The standard InChI is InChI=1S/C22H24ClNO4/c1-3-27-22(26)19-13-17(9-11-20(19)23)24-21(25)14(2)28-18-10-8-15-6-4-5-7-16(15)12-18/h8-14H,3-7H2,1-2H3,(H,24,25)/t14-/m0/s1. The first kappa shape index (κ1) is 20.2. The maximum atomic E-state index is 12.5. The fourth-order valence-corrected chi connectivity index (χ4v) is 3.45. The molecular formula is C22H24ClNO4. The van der Waals surface area contributed by atoms with E-state index in [0.717, 1.165) is 12.8 Å². The monoisotopic (exact) mass is 401 g/mol. The van der Waals surface area contributed by atoms with Crippen LogP contribution in [0.3, 0.4) is 0 Å². The Morgan fingerprint density at radius 3 is 2.61 bits per heavy atom. The van der Waals surface area contributed by atoms with Crippen molar-refractivity contribution in [3.05, 3.63) is 58.1 Å². The maximum absolute atomic E-state index is 12.5. The number of benzene rings is 2. The van der Waals surface area contributed by atoms with E-state index in [4.69, 9.17) is 21.1 Å². The molecule has 0 unspecified atom stereocenters. The van der Waals surface area contributed by atoms with Crippen LogP contribution in [-0.2, 0) is 22.4 Å². The number of anilines is 1. The lowest BCUT2D eigenvalue weighted by molar-refractivity contribution is -0.122. The molecule has 0 spiro atoms. The predicted molar refractivity (Wildman–Crippen MR) is 109 cm³/mol. The smallest absolute Gasteiger partial charge is 0.339 e. The van der Waals surface area contributed by atoms with Gasteiger partial charge in [-0.25, -0.2) is 4.79 Å². The highest BCUT2D eigenvalue weighted by molar-refractivity contribution is 6.33. The van der Waals surface area contributed by atoms with Gasteiger partial charge in [0, 0.05) is 5.69 Å². The van der Waals surface area contributed by atoms with Crippen LogP contribution in [0, 0.1) is 0 Å². The predicted octanol–water partition coefficient (Wildman–Crippen LogP) is 4.80. The van der Waals surface area contributed by atoms with Crippen molar-refractivity contribution in [2.24, 2.45) is 0 Å². The largest absolute Gasteiger partial charge is 0.481 e. The van der Waals surface area contributed by atoms with Crippen LogP contribution >= 0.6 is 11.6 Å². The summed E-state index contributed by atoms with van der Waals surface area (Å²) < 4.78 is 10.8.